The van der Waals surface area contributed by atoms with Gasteiger partial charge >= 0.3 is 5.97 Å². The summed E-state index contributed by atoms with van der Waals surface area (Å²) in [5.74, 6) is 0.542. The number of rotatable bonds is 2. The molecule has 0 aromatic heterocycles. The summed E-state index contributed by atoms with van der Waals surface area (Å²) in [5.41, 5.74) is 1.30. The molecule has 2 bridgehead atoms. The Morgan fingerprint density at radius 1 is 1.40 bits per heavy atom. The van der Waals surface area contributed by atoms with Gasteiger partial charge in [-0.15, -0.1) is 0 Å². The summed E-state index contributed by atoms with van der Waals surface area (Å²) in [4.78, 5) is 23.3. The predicted octanol–water partition coefficient (Wildman–Crippen LogP) is 3.28. The Labute approximate surface area is 120 Å². The Bertz CT molecular complexity index is 516. The SMILES string of the molecule is CC(=O)OC[C@]1(C)C2=CC(=O)CC(C)(C)[C@]23CC[C@H]1C3. The molecule has 0 aromatic carbocycles. The highest BCUT2D eigenvalue weighted by molar-refractivity contribution is 5.93. The summed E-state index contributed by atoms with van der Waals surface area (Å²) in [6.07, 6.45) is 6.05. The normalized spacial score (nSPS) is 41.3. The van der Waals surface area contributed by atoms with E-state index in [-0.39, 0.29) is 28.0 Å². The number of carbonyl (C=O) groups is 2. The van der Waals surface area contributed by atoms with Gasteiger partial charge in [0, 0.05) is 18.8 Å². The first kappa shape index (κ1) is 13.8. The van der Waals surface area contributed by atoms with Crippen LogP contribution in [-0.4, -0.2) is 18.4 Å². The van der Waals surface area contributed by atoms with Gasteiger partial charge in [0.15, 0.2) is 5.78 Å². The topological polar surface area (TPSA) is 43.4 Å². The number of ketones is 1. The van der Waals surface area contributed by atoms with Crippen molar-refractivity contribution >= 4 is 11.8 Å². The molecule has 0 saturated heterocycles. The van der Waals surface area contributed by atoms with Crippen molar-refractivity contribution in [2.75, 3.05) is 6.61 Å². The van der Waals surface area contributed by atoms with Crippen molar-refractivity contribution in [3.8, 4) is 0 Å². The molecular weight excluding hydrogens is 252 g/mol. The lowest BCUT2D eigenvalue weighted by molar-refractivity contribution is -0.144. The number of esters is 1. The maximum absolute atomic E-state index is 12.1. The number of hydrogen-bond donors (Lipinski definition) is 0. The molecule has 0 radical (unpaired) electrons. The molecule has 3 heteroatoms. The lowest BCUT2D eigenvalue weighted by Crippen LogP contribution is -2.45. The van der Waals surface area contributed by atoms with Crippen LogP contribution in [0, 0.1) is 22.2 Å². The molecule has 0 aliphatic heterocycles. The average molecular weight is 276 g/mol. The molecule has 20 heavy (non-hydrogen) atoms. The number of hydrogen-bond acceptors (Lipinski definition) is 3. The highest BCUT2D eigenvalue weighted by atomic mass is 16.5. The molecule has 3 aliphatic rings. The highest BCUT2D eigenvalue weighted by Gasteiger charge is 2.66. The zero-order valence-corrected chi connectivity index (χ0v) is 12.9. The number of allylic oxidation sites excluding steroid dienone is 1. The molecule has 0 aromatic rings. The first-order valence-corrected chi connectivity index (χ1v) is 7.60. The minimum atomic E-state index is -0.231. The fraction of sp³-hybridized carbons (Fsp3) is 0.765. The van der Waals surface area contributed by atoms with E-state index in [0.29, 0.717) is 18.9 Å². The van der Waals surface area contributed by atoms with E-state index in [0.717, 1.165) is 6.42 Å². The largest absolute Gasteiger partial charge is 0.465 e. The fourth-order valence-corrected chi connectivity index (χ4v) is 5.15. The van der Waals surface area contributed by atoms with Crippen LogP contribution in [0.25, 0.3) is 0 Å². The third-order valence-corrected chi connectivity index (χ3v) is 6.34. The van der Waals surface area contributed by atoms with E-state index in [1.165, 1.54) is 25.3 Å². The summed E-state index contributed by atoms with van der Waals surface area (Å²) in [5, 5.41) is 0. The summed E-state index contributed by atoms with van der Waals surface area (Å²) in [7, 11) is 0. The van der Waals surface area contributed by atoms with Gasteiger partial charge in [0.25, 0.3) is 0 Å². The Balaban J connectivity index is 2.04. The molecule has 2 saturated carbocycles. The number of ether oxygens (including phenoxy) is 1. The van der Waals surface area contributed by atoms with Gasteiger partial charge in [0.05, 0.1) is 0 Å². The first-order valence-electron chi connectivity index (χ1n) is 7.60. The number of fused-ring (bicyclic) bond motifs is 1. The molecule has 3 nitrogen and oxygen atoms in total. The standard InChI is InChI=1S/C17H24O3/c1-11(18)20-10-16(4)12-5-6-17(8-12)14(16)7-13(19)9-15(17,2)3/h7,12H,5-6,8-10H2,1-4H3/t12-,16-,17-/m0/s1. The Morgan fingerprint density at radius 2 is 2.10 bits per heavy atom. The maximum atomic E-state index is 12.1. The van der Waals surface area contributed by atoms with E-state index in [1.807, 2.05) is 6.08 Å². The second-order valence-corrected chi connectivity index (χ2v) is 7.80. The van der Waals surface area contributed by atoms with E-state index >= 15 is 0 Å². The Kier molecular flexibility index (Phi) is 2.74. The van der Waals surface area contributed by atoms with Crippen molar-refractivity contribution in [1.29, 1.82) is 0 Å². The van der Waals surface area contributed by atoms with Crippen molar-refractivity contribution in [3.05, 3.63) is 11.6 Å². The van der Waals surface area contributed by atoms with Crippen molar-refractivity contribution in [1.82, 2.24) is 0 Å². The predicted molar refractivity (Wildman–Crippen MR) is 76.0 cm³/mol. The monoisotopic (exact) mass is 276 g/mol. The van der Waals surface area contributed by atoms with Crippen LogP contribution in [0.1, 0.15) is 53.4 Å². The first-order chi connectivity index (χ1) is 9.21. The van der Waals surface area contributed by atoms with Crippen molar-refractivity contribution in [2.45, 2.75) is 53.4 Å². The molecule has 110 valence electrons. The molecule has 0 unspecified atom stereocenters. The summed E-state index contributed by atoms with van der Waals surface area (Å²) < 4.78 is 5.34. The van der Waals surface area contributed by atoms with Crippen LogP contribution in [0.2, 0.25) is 0 Å². The van der Waals surface area contributed by atoms with Crippen LogP contribution in [0.4, 0.5) is 0 Å². The van der Waals surface area contributed by atoms with Gasteiger partial charge in [0.1, 0.15) is 6.61 Å². The van der Waals surface area contributed by atoms with Crippen molar-refractivity contribution in [2.24, 2.45) is 22.2 Å². The van der Waals surface area contributed by atoms with Gasteiger partial charge in [-0.2, -0.15) is 0 Å². The van der Waals surface area contributed by atoms with Gasteiger partial charge in [-0.1, -0.05) is 26.3 Å². The Morgan fingerprint density at radius 3 is 2.75 bits per heavy atom. The van der Waals surface area contributed by atoms with Crippen LogP contribution in [0.5, 0.6) is 0 Å². The lowest BCUT2D eigenvalue weighted by atomic mass is 9.53. The van der Waals surface area contributed by atoms with Crippen LogP contribution in [-0.2, 0) is 14.3 Å². The highest BCUT2D eigenvalue weighted by Crippen LogP contribution is 2.73. The molecule has 3 rings (SSSR count). The second kappa shape index (κ2) is 3.96. The Hall–Kier alpha value is -1.12. The van der Waals surface area contributed by atoms with Crippen molar-refractivity contribution in [3.63, 3.8) is 0 Å². The van der Waals surface area contributed by atoms with E-state index in [2.05, 4.69) is 20.8 Å². The van der Waals surface area contributed by atoms with E-state index < -0.39 is 0 Å². The molecule has 1 spiro atoms. The minimum Gasteiger partial charge on any atom is -0.465 e. The molecule has 0 heterocycles. The number of carbonyl (C=O) groups excluding carboxylic acids is 2. The fourth-order valence-electron chi connectivity index (χ4n) is 5.15. The van der Waals surface area contributed by atoms with Crippen LogP contribution < -0.4 is 0 Å². The zero-order chi connectivity index (χ0) is 14.8. The zero-order valence-electron chi connectivity index (χ0n) is 12.9. The molecule has 0 N–H and O–H groups in total. The van der Waals surface area contributed by atoms with Gasteiger partial charge in [0.2, 0.25) is 0 Å². The van der Waals surface area contributed by atoms with Crippen LogP contribution in [0.3, 0.4) is 0 Å². The minimum absolute atomic E-state index is 0.0247. The lowest BCUT2D eigenvalue weighted by Gasteiger charge is -2.51. The van der Waals surface area contributed by atoms with Gasteiger partial charge in [-0.05, 0) is 42.1 Å². The summed E-state index contributed by atoms with van der Waals surface area (Å²) in [6, 6.07) is 0. The van der Waals surface area contributed by atoms with Crippen LogP contribution >= 0.6 is 0 Å². The van der Waals surface area contributed by atoms with Crippen molar-refractivity contribution < 1.29 is 14.3 Å². The quantitative estimate of drug-likeness (QED) is 0.727. The summed E-state index contributed by atoms with van der Waals surface area (Å²) >= 11 is 0. The van der Waals surface area contributed by atoms with E-state index in [4.69, 9.17) is 4.74 Å². The maximum Gasteiger partial charge on any atom is 0.302 e. The third kappa shape index (κ3) is 1.58. The van der Waals surface area contributed by atoms with E-state index in [9.17, 15) is 9.59 Å². The third-order valence-electron chi connectivity index (χ3n) is 6.34. The van der Waals surface area contributed by atoms with Gasteiger partial charge in [-0.3, -0.25) is 9.59 Å². The average Bonchev–Trinajstić information content (AvgIpc) is 2.85. The van der Waals surface area contributed by atoms with Gasteiger partial charge < -0.3 is 4.74 Å². The van der Waals surface area contributed by atoms with E-state index in [1.54, 1.807) is 0 Å². The molecular formula is C17H24O3. The summed E-state index contributed by atoms with van der Waals surface area (Å²) in [6.45, 7) is 8.53. The van der Waals surface area contributed by atoms with Crippen LogP contribution in [0.15, 0.2) is 11.6 Å². The molecule has 3 atom stereocenters. The second-order valence-electron chi connectivity index (χ2n) is 7.80. The van der Waals surface area contributed by atoms with Gasteiger partial charge in [-0.25, -0.2) is 0 Å². The smallest absolute Gasteiger partial charge is 0.302 e. The molecule has 3 aliphatic carbocycles. The molecule has 0 amide bonds. The molecule has 2 fully saturated rings.